The van der Waals surface area contributed by atoms with E-state index in [0.717, 1.165) is 6.07 Å². The average molecular weight is 342 g/mol. The lowest BCUT2D eigenvalue weighted by atomic mass is 10.3. The third-order valence-electron chi connectivity index (χ3n) is 2.01. The molecule has 0 radical (unpaired) electrons. The van der Waals surface area contributed by atoms with Crippen LogP contribution in [0.25, 0.3) is 0 Å². The molecule has 0 bridgehead atoms. The van der Waals surface area contributed by atoms with Crippen LogP contribution in [0.15, 0.2) is 16.6 Å². The Balaban J connectivity index is 2.73. The van der Waals surface area contributed by atoms with E-state index in [-0.39, 0.29) is 24.0 Å². The van der Waals surface area contributed by atoms with E-state index in [0.29, 0.717) is 4.47 Å². The maximum Gasteiger partial charge on any atom is 0.336 e. The van der Waals surface area contributed by atoms with Crippen LogP contribution in [-0.4, -0.2) is 30.4 Å². The molecule has 0 aliphatic heterocycles. The van der Waals surface area contributed by atoms with Gasteiger partial charge in [0.15, 0.2) is 6.10 Å². The van der Waals surface area contributed by atoms with E-state index in [9.17, 15) is 9.18 Å². The fourth-order valence-corrected chi connectivity index (χ4v) is 1.93. The fraction of sp³-hybridized carbons (Fsp3) is 0.364. The van der Waals surface area contributed by atoms with E-state index in [1.807, 2.05) is 0 Å². The van der Waals surface area contributed by atoms with Crippen molar-refractivity contribution < 1.29 is 23.8 Å². The van der Waals surface area contributed by atoms with E-state index in [1.54, 1.807) is 6.92 Å². The Morgan fingerprint density at radius 2 is 2.28 bits per heavy atom. The lowest BCUT2D eigenvalue weighted by molar-refractivity contribution is -0.152. The predicted molar refractivity (Wildman–Crippen MR) is 67.7 cm³/mol. The minimum absolute atomic E-state index is 0.0474. The summed E-state index contributed by atoms with van der Waals surface area (Å²) >= 11 is 8.71. The van der Waals surface area contributed by atoms with Crippen LogP contribution in [0.3, 0.4) is 0 Å². The van der Waals surface area contributed by atoms with Crippen LogP contribution in [0.4, 0.5) is 4.39 Å². The summed E-state index contributed by atoms with van der Waals surface area (Å²) in [7, 11) is 0. The first kappa shape index (κ1) is 15.2. The van der Waals surface area contributed by atoms with Crippen molar-refractivity contribution in [3.63, 3.8) is 0 Å². The van der Waals surface area contributed by atoms with Gasteiger partial charge in [0.25, 0.3) is 0 Å². The van der Waals surface area contributed by atoms with Crippen molar-refractivity contribution >= 4 is 33.5 Å². The Bertz CT molecular complexity index is 441. The number of carbonyl (C=O) groups is 1. The largest absolute Gasteiger partial charge is 0.489 e. The topological polar surface area (TPSA) is 55.8 Å². The molecule has 1 rings (SSSR count). The van der Waals surface area contributed by atoms with E-state index in [2.05, 4.69) is 15.9 Å². The van der Waals surface area contributed by atoms with Crippen molar-refractivity contribution in [3.05, 3.63) is 27.4 Å². The normalized spacial score (nSPS) is 12.2. The lowest BCUT2D eigenvalue weighted by Crippen LogP contribution is -2.30. The van der Waals surface area contributed by atoms with Gasteiger partial charge in [0, 0.05) is 12.7 Å². The van der Waals surface area contributed by atoms with Gasteiger partial charge in [-0.2, -0.15) is 0 Å². The maximum atomic E-state index is 13.2. The van der Waals surface area contributed by atoms with Crippen molar-refractivity contribution in [1.82, 2.24) is 0 Å². The van der Waals surface area contributed by atoms with Gasteiger partial charge in [-0.1, -0.05) is 11.6 Å². The molecule has 0 fully saturated rings. The Morgan fingerprint density at radius 3 is 2.83 bits per heavy atom. The first-order valence-corrected chi connectivity index (χ1v) is 6.24. The SMILES string of the molecule is CCOC(COc1cc(F)c(Cl)cc1Br)C(=O)O. The molecule has 0 heterocycles. The van der Waals surface area contributed by atoms with Gasteiger partial charge in [-0.3, -0.25) is 0 Å². The molecule has 0 aliphatic rings. The number of ether oxygens (including phenoxy) is 2. The molecule has 0 spiro atoms. The van der Waals surface area contributed by atoms with E-state index in [1.165, 1.54) is 6.07 Å². The Labute approximate surface area is 117 Å². The number of rotatable bonds is 6. The zero-order chi connectivity index (χ0) is 13.7. The summed E-state index contributed by atoms with van der Waals surface area (Å²) in [5, 5.41) is 8.79. The third kappa shape index (κ3) is 4.12. The van der Waals surface area contributed by atoms with Crippen molar-refractivity contribution in [3.8, 4) is 5.75 Å². The van der Waals surface area contributed by atoms with Crippen LogP contribution in [0.5, 0.6) is 5.75 Å². The fourth-order valence-electron chi connectivity index (χ4n) is 1.17. The molecule has 0 amide bonds. The Morgan fingerprint density at radius 1 is 1.61 bits per heavy atom. The second-order valence-electron chi connectivity index (χ2n) is 3.29. The number of carboxylic acid groups (broad SMARTS) is 1. The summed E-state index contributed by atoms with van der Waals surface area (Å²) in [5.74, 6) is -1.61. The van der Waals surface area contributed by atoms with Crippen molar-refractivity contribution in [1.29, 1.82) is 0 Å². The molecule has 1 unspecified atom stereocenters. The molecule has 0 aliphatic carbocycles. The highest BCUT2D eigenvalue weighted by Gasteiger charge is 2.19. The van der Waals surface area contributed by atoms with Crippen LogP contribution in [0.1, 0.15) is 6.92 Å². The van der Waals surface area contributed by atoms with Crippen LogP contribution < -0.4 is 4.74 Å². The average Bonchev–Trinajstić information content (AvgIpc) is 2.30. The van der Waals surface area contributed by atoms with Gasteiger partial charge in [0.05, 0.1) is 9.50 Å². The monoisotopic (exact) mass is 340 g/mol. The van der Waals surface area contributed by atoms with Gasteiger partial charge in [0.1, 0.15) is 18.2 Å². The molecular formula is C11H11BrClFO4. The van der Waals surface area contributed by atoms with Crippen LogP contribution >= 0.6 is 27.5 Å². The van der Waals surface area contributed by atoms with Crippen LogP contribution in [0, 0.1) is 5.82 Å². The molecular weight excluding hydrogens is 330 g/mol. The van der Waals surface area contributed by atoms with Gasteiger partial charge >= 0.3 is 5.97 Å². The molecule has 100 valence electrons. The summed E-state index contributed by atoms with van der Waals surface area (Å²) in [6.07, 6.45) is -1.10. The minimum Gasteiger partial charge on any atom is -0.489 e. The molecule has 0 saturated carbocycles. The molecule has 1 aromatic rings. The lowest BCUT2D eigenvalue weighted by Gasteiger charge is -2.14. The number of hydrogen-bond donors (Lipinski definition) is 1. The number of aliphatic carboxylic acids is 1. The van der Waals surface area contributed by atoms with Crippen molar-refractivity contribution in [2.45, 2.75) is 13.0 Å². The predicted octanol–water partition coefficient (Wildman–Crippen LogP) is 3.11. The standard InChI is InChI=1S/C11H11BrClFO4/c1-2-17-10(11(15)16)5-18-9-4-8(14)7(13)3-6(9)12/h3-4,10H,2,5H2,1H3,(H,15,16). The van der Waals surface area contributed by atoms with Gasteiger partial charge < -0.3 is 14.6 Å². The van der Waals surface area contributed by atoms with Gasteiger partial charge in [-0.25, -0.2) is 9.18 Å². The van der Waals surface area contributed by atoms with Crippen molar-refractivity contribution in [2.24, 2.45) is 0 Å². The zero-order valence-corrected chi connectivity index (χ0v) is 11.8. The van der Waals surface area contributed by atoms with E-state index in [4.69, 9.17) is 26.2 Å². The number of hydrogen-bond acceptors (Lipinski definition) is 3. The number of benzene rings is 1. The first-order valence-electron chi connectivity index (χ1n) is 5.07. The Kier molecular flexibility index (Phi) is 5.84. The van der Waals surface area contributed by atoms with Gasteiger partial charge in [-0.15, -0.1) is 0 Å². The van der Waals surface area contributed by atoms with Gasteiger partial charge in [0.2, 0.25) is 0 Å². The summed E-state index contributed by atoms with van der Waals surface area (Å²) in [6, 6.07) is 2.42. The second-order valence-corrected chi connectivity index (χ2v) is 4.55. The number of carboxylic acids is 1. The van der Waals surface area contributed by atoms with Crippen LogP contribution in [0.2, 0.25) is 5.02 Å². The molecule has 18 heavy (non-hydrogen) atoms. The smallest absolute Gasteiger partial charge is 0.336 e. The summed E-state index contributed by atoms with van der Waals surface area (Å²) in [4.78, 5) is 10.8. The first-order chi connectivity index (χ1) is 8.45. The molecule has 1 N–H and O–H groups in total. The minimum atomic E-state index is -1.14. The van der Waals surface area contributed by atoms with E-state index < -0.39 is 17.9 Å². The van der Waals surface area contributed by atoms with Gasteiger partial charge in [-0.05, 0) is 28.9 Å². The number of halogens is 3. The second kappa shape index (κ2) is 6.92. The van der Waals surface area contributed by atoms with Crippen molar-refractivity contribution in [2.75, 3.05) is 13.2 Å². The summed E-state index contributed by atoms with van der Waals surface area (Å²) in [6.45, 7) is 1.70. The van der Waals surface area contributed by atoms with E-state index >= 15 is 0 Å². The maximum absolute atomic E-state index is 13.2. The third-order valence-corrected chi connectivity index (χ3v) is 2.92. The highest BCUT2D eigenvalue weighted by molar-refractivity contribution is 9.10. The highest BCUT2D eigenvalue weighted by atomic mass is 79.9. The molecule has 1 aromatic carbocycles. The molecule has 0 aromatic heterocycles. The molecule has 4 nitrogen and oxygen atoms in total. The zero-order valence-electron chi connectivity index (χ0n) is 9.45. The summed E-state index contributed by atoms with van der Waals surface area (Å²) in [5.41, 5.74) is 0. The quantitative estimate of drug-likeness (QED) is 0.808. The highest BCUT2D eigenvalue weighted by Crippen LogP contribution is 2.30. The molecule has 0 saturated heterocycles. The summed E-state index contributed by atoms with van der Waals surface area (Å²) < 4.78 is 23.8. The molecule has 1 atom stereocenters. The van der Waals surface area contributed by atoms with Crippen LogP contribution in [-0.2, 0) is 9.53 Å². The molecule has 7 heteroatoms. The Hall–Kier alpha value is -0.850.